The Morgan fingerprint density at radius 3 is 3.04 bits per heavy atom. The van der Waals surface area contributed by atoms with Crippen LogP contribution in [-0.2, 0) is 20.9 Å². The molecule has 0 aromatic carbocycles. The molecule has 2 amide bonds. The normalized spacial score (nSPS) is 16.8. The second-order valence-electron chi connectivity index (χ2n) is 6.53. The lowest BCUT2D eigenvalue weighted by Gasteiger charge is -2.32. The van der Waals surface area contributed by atoms with Crippen LogP contribution in [0, 0.1) is 11.9 Å². The van der Waals surface area contributed by atoms with Crippen molar-refractivity contribution >= 4 is 23.2 Å². The van der Waals surface area contributed by atoms with Gasteiger partial charge in [0.15, 0.2) is 0 Å². The average molecular weight is 406 g/mol. The van der Waals surface area contributed by atoms with E-state index in [0.717, 1.165) is 23.4 Å². The standard InChI is InChI=1S/C19H23FN4O3S/c1-2-27-11-18(25)24-7-3-4-14(10-24)19(26)22-9-17-23-15(12-28-17)13-5-6-16(20)21-8-13/h5-6,8,12,14H,2-4,7,9-11H2,1H3,(H,22,26). The molecule has 0 bridgehead atoms. The minimum atomic E-state index is -0.535. The number of aromatic nitrogens is 2. The van der Waals surface area contributed by atoms with Crippen molar-refractivity contribution in [2.75, 3.05) is 26.3 Å². The third-order valence-electron chi connectivity index (χ3n) is 4.56. The van der Waals surface area contributed by atoms with Crippen molar-refractivity contribution in [3.8, 4) is 11.3 Å². The van der Waals surface area contributed by atoms with E-state index in [1.165, 1.54) is 23.6 Å². The van der Waals surface area contributed by atoms with Gasteiger partial charge in [0, 0.05) is 36.8 Å². The van der Waals surface area contributed by atoms with Gasteiger partial charge in [-0.15, -0.1) is 11.3 Å². The molecule has 2 aromatic heterocycles. The Bertz CT molecular complexity index is 812. The van der Waals surface area contributed by atoms with E-state index in [0.29, 0.717) is 31.9 Å². The number of carbonyl (C=O) groups is 2. The molecule has 0 saturated carbocycles. The van der Waals surface area contributed by atoms with Crippen LogP contribution < -0.4 is 5.32 Å². The van der Waals surface area contributed by atoms with Crippen LogP contribution in [0.15, 0.2) is 23.7 Å². The van der Waals surface area contributed by atoms with Gasteiger partial charge in [0.2, 0.25) is 17.8 Å². The van der Waals surface area contributed by atoms with E-state index in [1.807, 2.05) is 12.3 Å². The molecule has 1 aliphatic heterocycles. The van der Waals surface area contributed by atoms with Crippen LogP contribution in [0.2, 0.25) is 0 Å². The van der Waals surface area contributed by atoms with Crippen LogP contribution in [-0.4, -0.2) is 53.0 Å². The van der Waals surface area contributed by atoms with Gasteiger partial charge in [-0.2, -0.15) is 4.39 Å². The predicted molar refractivity (Wildman–Crippen MR) is 103 cm³/mol. The van der Waals surface area contributed by atoms with Gasteiger partial charge in [-0.1, -0.05) is 0 Å². The second-order valence-corrected chi connectivity index (χ2v) is 7.47. The molecular formula is C19H23FN4O3S. The second kappa shape index (κ2) is 9.70. The van der Waals surface area contributed by atoms with E-state index in [-0.39, 0.29) is 24.3 Å². The number of hydrogen-bond acceptors (Lipinski definition) is 6. The van der Waals surface area contributed by atoms with Crippen LogP contribution in [0.3, 0.4) is 0 Å². The van der Waals surface area contributed by atoms with Crippen molar-refractivity contribution in [3.05, 3.63) is 34.7 Å². The number of nitrogens with one attached hydrogen (secondary N) is 1. The smallest absolute Gasteiger partial charge is 0.248 e. The monoisotopic (exact) mass is 406 g/mol. The van der Waals surface area contributed by atoms with Gasteiger partial charge < -0.3 is 15.0 Å². The minimum Gasteiger partial charge on any atom is -0.372 e. The number of ether oxygens (including phenoxy) is 1. The van der Waals surface area contributed by atoms with Crippen LogP contribution in [0.4, 0.5) is 4.39 Å². The molecular weight excluding hydrogens is 383 g/mol. The highest BCUT2D eigenvalue weighted by atomic mass is 32.1. The summed E-state index contributed by atoms with van der Waals surface area (Å²) in [5.41, 5.74) is 1.43. The summed E-state index contributed by atoms with van der Waals surface area (Å²) in [6.07, 6.45) is 2.99. The topological polar surface area (TPSA) is 84.4 Å². The summed E-state index contributed by atoms with van der Waals surface area (Å²) in [6, 6.07) is 2.91. The molecule has 1 saturated heterocycles. The summed E-state index contributed by atoms with van der Waals surface area (Å²) in [5, 5.41) is 5.52. The zero-order valence-electron chi connectivity index (χ0n) is 15.7. The number of halogens is 1. The van der Waals surface area contributed by atoms with E-state index in [9.17, 15) is 14.0 Å². The Kier molecular flexibility index (Phi) is 7.05. The average Bonchev–Trinajstić information content (AvgIpc) is 3.20. The van der Waals surface area contributed by atoms with E-state index >= 15 is 0 Å². The number of nitrogens with zero attached hydrogens (tertiary/aromatic N) is 3. The SMILES string of the molecule is CCOCC(=O)N1CCCC(C(=O)NCc2nc(-c3ccc(F)nc3)cs2)C1. The molecule has 9 heteroatoms. The summed E-state index contributed by atoms with van der Waals surface area (Å²) in [6.45, 7) is 3.80. The summed E-state index contributed by atoms with van der Waals surface area (Å²) < 4.78 is 18.1. The van der Waals surface area contributed by atoms with E-state index in [4.69, 9.17) is 4.74 Å². The lowest BCUT2D eigenvalue weighted by Crippen LogP contribution is -2.46. The Balaban J connectivity index is 1.51. The summed E-state index contributed by atoms with van der Waals surface area (Å²) in [5.74, 6) is -0.904. The van der Waals surface area contributed by atoms with E-state index < -0.39 is 5.95 Å². The highest BCUT2D eigenvalue weighted by Gasteiger charge is 2.28. The van der Waals surface area contributed by atoms with Gasteiger partial charge in [0.25, 0.3) is 0 Å². The van der Waals surface area contributed by atoms with Crippen molar-refractivity contribution in [2.24, 2.45) is 5.92 Å². The van der Waals surface area contributed by atoms with Crippen molar-refractivity contribution in [2.45, 2.75) is 26.3 Å². The van der Waals surface area contributed by atoms with Gasteiger partial charge in [-0.25, -0.2) is 9.97 Å². The maximum Gasteiger partial charge on any atom is 0.248 e. The molecule has 2 aromatic rings. The molecule has 7 nitrogen and oxygen atoms in total. The highest BCUT2D eigenvalue weighted by molar-refractivity contribution is 7.09. The first-order chi connectivity index (χ1) is 13.6. The largest absolute Gasteiger partial charge is 0.372 e. The first-order valence-electron chi connectivity index (χ1n) is 9.26. The van der Waals surface area contributed by atoms with Gasteiger partial charge in [0.05, 0.1) is 18.2 Å². The van der Waals surface area contributed by atoms with Crippen LogP contribution >= 0.6 is 11.3 Å². The van der Waals surface area contributed by atoms with E-state index in [1.54, 1.807) is 11.0 Å². The van der Waals surface area contributed by atoms with Crippen LogP contribution in [0.1, 0.15) is 24.8 Å². The van der Waals surface area contributed by atoms with Gasteiger partial charge >= 0.3 is 0 Å². The Hall–Kier alpha value is -2.39. The fraction of sp³-hybridized carbons (Fsp3) is 0.474. The highest BCUT2D eigenvalue weighted by Crippen LogP contribution is 2.22. The number of amides is 2. The van der Waals surface area contributed by atoms with Crippen molar-refractivity contribution in [3.63, 3.8) is 0 Å². The zero-order valence-corrected chi connectivity index (χ0v) is 16.5. The Morgan fingerprint density at radius 1 is 1.43 bits per heavy atom. The van der Waals surface area contributed by atoms with Gasteiger partial charge in [-0.3, -0.25) is 9.59 Å². The molecule has 3 heterocycles. The summed E-state index contributed by atoms with van der Waals surface area (Å²) in [7, 11) is 0. The number of thiazole rings is 1. The van der Waals surface area contributed by atoms with Gasteiger partial charge in [0.1, 0.15) is 11.6 Å². The molecule has 1 fully saturated rings. The van der Waals surface area contributed by atoms with Gasteiger partial charge in [-0.05, 0) is 31.9 Å². The predicted octanol–water partition coefficient (Wildman–Crippen LogP) is 2.24. The molecule has 0 aliphatic carbocycles. The third-order valence-corrected chi connectivity index (χ3v) is 5.41. The summed E-state index contributed by atoms with van der Waals surface area (Å²) >= 11 is 1.42. The van der Waals surface area contributed by atoms with Crippen molar-refractivity contribution in [1.29, 1.82) is 0 Å². The number of rotatable bonds is 7. The molecule has 3 rings (SSSR count). The van der Waals surface area contributed by atoms with Crippen LogP contribution in [0.5, 0.6) is 0 Å². The maximum absolute atomic E-state index is 12.9. The summed E-state index contributed by atoms with van der Waals surface area (Å²) in [4.78, 5) is 34.4. The molecule has 1 atom stereocenters. The molecule has 1 N–H and O–H groups in total. The van der Waals surface area contributed by atoms with E-state index in [2.05, 4.69) is 15.3 Å². The third kappa shape index (κ3) is 5.32. The number of piperidine rings is 1. The fourth-order valence-corrected chi connectivity index (χ4v) is 3.80. The minimum absolute atomic E-state index is 0.0605. The lowest BCUT2D eigenvalue weighted by molar-refractivity contribution is -0.139. The molecule has 1 unspecified atom stereocenters. The Morgan fingerprint density at radius 2 is 2.29 bits per heavy atom. The molecule has 150 valence electrons. The number of hydrogen-bond donors (Lipinski definition) is 1. The Labute approximate surface area is 166 Å². The molecule has 0 radical (unpaired) electrons. The quantitative estimate of drug-likeness (QED) is 0.713. The lowest BCUT2D eigenvalue weighted by atomic mass is 9.97. The fourth-order valence-electron chi connectivity index (χ4n) is 3.06. The molecule has 1 aliphatic rings. The van der Waals surface area contributed by atoms with Crippen molar-refractivity contribution < 1.29 is 18.7 Å². The zero-order chi connectivity index (χ0) is 19.9. The maximum atomic E-state index is 12.9. The van der Waals surface area contributed by atoms with Crippen LogP contribution in [0.25, 0.3) is 11.3 Å². The first-order valence-corrected chi connectivity index (χ1v) is 10.1. The first kappa shape index (κ1) is 20.3. The van der Waals surface area contributed by atoms with Crippen molar-refractivity contribution in [1.82, 2.24) is 20.2 Å². The number of pyridine rings is 1. The molecule has 0 spiro atoms. The molecule has 28 heavy (non-hydrogen) atoms. The number of likely N-dealkylation sites (tertiary alicyclic amines) is 1. The number of carbonyl (C=O) groups excluding carboxylic acids is 2.